The lowest BCUT2D eigenvalue weighted by Crippen LogP contribution is -2.37. The van der Waals surface area contributed by atoms with Crippen LogP contribution in [0.3, 0.4) is 0 Å². The molecule has 0 aromatic heterocycles. The third-order valence-corrected chi connectivity index (χ3v) is 3.64. The molecule has 6 nitrogen and oxygen atoms in total. The van der Waals surface area contributed by atoms with E-state index < -0.39 is 0 Å². The minimum absolute atomic E-state index is 0.0437. The molecule has 1 unspecified atom stereocenters. The van der Waals surface area contributed by atoms with Gasteiger partial charge in [0.25, 0.3) is 0 Å². The standard InChI is InChI=1S/C14H19ClN4O2/c1-9(20)17-11-4-5-19(7-11)8-14(21)18-13-6-10(16)2-3-12(13)15/h2-3,6,11H,4-5,7-8,16H2,1H3,(H,17,20)(H,18,21). The average molecular weight is 311 g/mol. The van der Waals surface area contributed by atoms with E-state index in [0.717, 1.165) is 13.0 Å². The van der Waals surface area contributed by atoms with Crippen molar-refractivity contribution in [3.63, 3.8) is 0 Å². The minimum Gasteiger partial charge on any atom is -0.399 e. The number of nitrogens with two attached hydrogens (primary N) is 1. The summed E-state index contributed by atoms with van der Waals surface area (Å²) in [4.78, 5) is 25.0. The molecular formula is C14H19ClN4O2. The topological polar surface area (TPSA) is 87.5 Å². The van der Waals surface area contributed by atoms with Gasteiger partial charge in [-0.15, -0.1) is 0 Å². The van der Waals surface area contributed by atoms with Gasteiger partial charge < -0.3 is 16.4 Å². The summed E-state index contributed by atoms with van der Waals surface area (Å²) in [5.41, 5.74) is 6.73. The third-order valence-electron chi connectivity index (χ3n) is 3.31. The van der Waals surface area contributed by atoms with Gasteiger partial charge in [-0.3, -0.25) is 14.5 Å². The van der Waals surface area contributed by atoms with Gasteiger partial charge in [-0.2, -0.15) is 0 Å². The number of nitrogen functional groups attached to an aromatic ring is 1. The van der Waals surface area contributed by atoms with Gasteiger partial charge >= 0.3 is 0 Å². The van der Waals surface area contributed by atoms with Crippen molar-refractivity contribution in [3.05, 3.63) is 23.2 Å². The van der Waals surface area contributed by atoms with Crippen LogP contribution in [0, 0.1) is 0 Å². The maximum atomic E-state index is 12.0. The summed E-state index contributed by atoms with van der Waals surface area (Å²) in [6.45, 7) is 3.22. The van der Waals surface area contributed by atoms with E-state index in [4.69, 9.17) is 17.3 Å². The molecule has 1 saturated heterocycles. The fourth-order valence-corrected chi connectivity index (χ4v) is 2.58. The van der Waals surface area contributed by atoms with Crippen molar-refractivity contribution in [1.29, 1.82) is 0 Å². The highest BCUT2D eigenvalue weighted by Crippen LogP contribution is 2.24. The number of rotatable bonds is 4. The molecule has 0 aliphatic carbocycles. The molecule has 7 heteroatoms. The van der Waals surface area contributed by atoms with Gasteiger partial charge in [0.15, 0.2) is 0 Å². The smallest absolute Gasteiger partial charge is 0.238 e. The highest BCUT2D eigenvalue weighted by Gasteiger charge is 2.24. The van der Waals surface area contributed by atoms with Crippen molar-refractivity contribution in [2.75, 3.05) is 30.7 Å². The van der Waals surface area contributed by atoms with Crippen LogP contribution in [0.4, 0.5) is 11.4 Å². The molecule has 0 spiro atoms. The molecule has 2 amide bonds. The second-order valence-electron chi connectivity index (χ2n) is 5.21. The first-order valence-electron chi connectivity index (χ1n) is 6.78. The molecule has 1 aliphatic heterocycles. The van der Waals surface area contributed by atoms with E-state index in [1.54, 1.807) is 18.2 Å². The van der Waals surface area contributed by atoms with Crippen molar-refractivity contribution in [3.8, 4) is 0 Å². The summed E-state index contributed by atoms with van der Waals surface area (Å²) in [5, 5.41) is 6.07. The van der Waals surface area contributed by atoms with Crippen LogP contribution in [0.1, 0.15) is 13.3 Å². The lowest BCUT2D eigenvalue weighted by molar-refractivity contribution is -0.119. The van der Waals surface area contributed by atoms with Crippen LogP contribution >= 0.6 is 11.6 Å². The van der Waals surface area contributed by atoms with Crippen molar-refractivity contribution in [2.24, 2.45) is 0 Å². The Morgan fingerprint density at radius 3 is 2.95 bits per heavy atom. The van der Waals surface area contributed by atoms with Crippen LogP contribution in [0.15, 0.2) is 18.2 Å². The summed E-state index contributed by atoms with van der Waals surface area (Å²) in [6.07, 6.45) is 0.853. The summed E-state index contributed by atoms with van der Waals surface area (Å²) < 4.78 is 0. The Morgan fingerprint density at radius 2 is 2.24 bits per heavy atom. The number of nitrogens with one attached hydrogen (secondary N) is 2. The van der Waals surface area contributed by atoms with Gasteiger partial charge in [0, 0.05) is 31.7 Å². The number of hydrogen-bond acceptors (Lipinski definition) is 4. The van der Waals surface area contributed by atoms with Crippen molar-refractivity contribution < 1.29 is 9.59 Å². The predicted octanol–water partition coefficient (Wildman–Crippen LogP) is 1.07. The molecule has 1 heterocycles. The Morgan fingerprint density at radius 1 is 1.48 bits per heavy atom. The third kappa shape index (κ3) is 4.61. The normalized spacial score (nSPS) is 18.5. The van der Waals surface area contributed by atoms with E-state index in [9.17, 15) is 9.59 Å². The van der Waals surface area contributed by atoms with E-state index in [1.807, 2.05) is 4.90 Å². The Hall–Kier alpha value is -1.79. The average Bonchev–Trinajstić information content (AvgIpc) is 2.80. The second-order valence-corrected chi connectivity index (χ2v) is 5.62. The first kappa shape index (κ1) is 15.6. The highest BCUT2D eigenvalue weighted by molar-refractivity contribution is 6.33. The van der Waals surface area contributed by atoms with E-state index in [0.29, 0.717) is 22.9 Å². The van der Waals surface area contributed by atoms with Gasteiger partial charge in [-0.05, 0) is 24.6 Å². The fourth-order valence-electron chi connectivity index (χ4n) is 2.41. The lowest BCUT2D eigenvalue weighted by atomic mass is 10.2. The zero-order valence-corrected chi connectivity index (χ0v) is 12.6. The van der Waals surface area contributed by atoms with Gasteiger partial charge in [0.1, 0.15) is 0 Å². The largest absolute Gasteiger partial charge is 0.399 e. The van der Waals surface area contributed by atoms with E-state index in [-0.39, 0.29) is 24.4 Å². The van der Waals surface area contributed by atoms with Crippen LogP contribution in [0.2, 0.25) is 5.02 Å². The van der Waals surface area contributed by atoms with Gasteiger partial charge in [0.2, 0.25) is 11.8 Å². The van der Waals surface area contributed by atoms with Gasteiger partial charge in [-0.25, -0.2) is 0 Å². The maximum absolute atomic E-state index is 12.0. The Bertz CT molecular complexity index is 550. The van der Waals surface area contributed by atoms with Gasteiger partial charge in [0.05, 0.1) is 17.3 Å². The number of hydrogen-bond donors (Lipinski definition) is 3. The molecule has 114 valence electrons. The number of carbonyl (C=O) groups is 2. The fraction of sp³-hybridized carbons (Fsp3) is 0.429. The lowest BCUT2D eigenvalue weighted by Gasteiger charge is -2.16. The molecule has 1 aliphatic rings. The first-order chi connectivity index (χ1) is 9.94. The SMILES string of the molecule is CC(=O)NC1CCN(CC(=O)Nc2cc(N)ccc2Cl)C1. The Balaban J connectivity index is 1.85. The molecule has 1 aromatic rings. The second kappa shape index (κ2) is 6.78. The van der Waals surface area contributed by atoms with E-state index in [2.05, 4.69) is 10.6 Å². The number of likely N-dealkylation sites (tertiary alicyclic amines) is 1. The summed E-state index contributed by atoms with van der Waals surface area (Å²) >= 11 is 6.01. The van der Waals surface area contributed by atoms with Crippen LogP contribution in [0.25, 0.3) is 0 Å². The molecule has 2 rings (SSSR count). The number of halogens is 1. The zero-order valence-electron chi connectivity index (χ0n) is 11.9. The summed E-state index contributed by atoms with van der Waals surface area (Å²) in [6, 6.07) is 5.07. The van der Waals surface area contributed by atoms with Crippen LogP contribution in [0.5, 0.6) is 0 Å². The summed E-state index contributed by atoms with van der Waals surface area (Å²) in [5.74, 6) is -0.191. The number of carbonyl (C=O) groups excluding carboxylic acids is 2. The highest BCUT2D eigenvalue weighted by atomic mass is 35.5. The number of anilines is 2. The Labute approximate surface area is 128 Å². The molecule has 0 radical (unpaired) electrons. The van der Waals surface area contributed by atoms with Crippen molar-refractivity contribution >= 4 is 34.8 Å². The molecule has 0 saturated carbocycles. The van der Waals surface area contributed by atoms with Crippen molar-refractivity contribution in [1.82, 2.24) is 10.2 Å². The van der Waals surface area contributed by atoms with Gasteiger partial charge in [-0.1, -0.05) is 11.6 Å². The molecule has 21 heavy (non-hydrogen) atoms. The number of benzene rings is 1. The van der Waals surface area contributed by atoms with E-state index in [1.165, 1.54) is 6.92 Å². The molecule has 1 fully saturated rings. The molecule has 1 aromatic carbocycles. The minimum atomic E-state index is -0.147. The molecule has 1 atom stereocenters. The monoisotopic (exact) mass is 310 g/mol. The first-order valence-corrected chi connectivity index (χ1v) is 7.16. The quantitative estimate of drug-likeness (QED) is 0.726. The maximum Gasteiger partial charge on any atom is 0.238 e. The summed E-state index contributed by atoms with van der Waals surface area (Å²) in [7, 11) is 0. The van der Waals surface area contributed by atoms with Crippen LogP contribution < -0.4 is 16.4 Å². The predicted molar refractivity (Wildman–Crippen MR) is 83.2 cm³/mol. The number of amides is 2. The molecular weight excluding hydrogens is 292 g/mol. The zero-order chi connectivity index (χ0) is 15.4. The molecule has 0 bridgehead atoms. The number of nitrogens with zero attached hydrogens (tertiary/aromatic N) is 1. The Kier molecular flexibility index (Phi) is 5.03. The van der Waals surface area contributed by atoms with Crippen LogP contribution in [-0.2, 0) is 9.59 Å². The van der Waals surface area contributed by atoms with E-state index >= 15 is 0 Å². The van der Waals surface area contributed by atoms with Crippen molar-refractivity contribution in [2.45, 2.75) is 19.4 Å². The van der Waals surface area contributed by atoms with Crippen LogP contribution in [-0.4, -0.2) is 42.4 Å². The molecule has 4 N–H and O–H groups in total.